The average Bonchev–Trinajstić information content (AvgIpc) is 3.14. The predicted octanol–water partition coefficient (Wildman–Crippen LogP) is 2.50. The van der Waals surface area contributed by atoms with Crippen LogP contribution in [0.3, 0.4) is 0 Å². The van der Waals surface area contributed by atoms with E-state index in [0.29, 0.717) is 0 Å². The highest BCUT2D eigenvalue weighted by atomic mass is 16.5. The molecule has 1 N–H and O–H groups in total. The SMILES string of the molecule is CCc1ccccc1OCC(=O)N1CCCC[C@@H]1c1ncn[nH]1. The Labute approximate surface area is 135 Å². The zero-order valence-corrected chi connectivity index (χ0v) is 13.4. The fraction of sp³-hybridized carbons (Fsp3) is 0.471. The van der Waals surface area contributed by atoms with Gasteiger partial charge in [-0.1, -0.05) is 25.1 Å². The number of rotatable bonds is 5. The van der Waals surface area contributed by atoms with Crippen LogP contribution in [0.2, 0.25) is 0 Å². The van der Waals surface area contributed by atoms with E-state index in [9.17, 15) is 4.79 Å². The summed E-state index contributed by atoms with van der Waals surface area (Å²) in [5.41, 5.74) is 1.12. The molecule has 1 aliphatic heterocycles. The molecule has 23 heavy (non-hydrogen) atoms. The molecule has 3 rings (SSSR count). The topological polar surface area (TPSA) is 71.1 Å². The molecular weight excluding hydrogens is 292 g/mol. The number of aryl methyl sites for hydroxylation is 1. The van der Waals surface area contributed by atoms with Crippen molar-refractivity contribution >= 4 is 5.91 Å². The maximum absolute atomic E-state index is 12.6. The lowest BCUT2D eigenvalue weighted by molar-refractivity contribution is -0.137. The molecular formula is C17H22N4O2. The fourth-order valence-corrected chi connectivity index (χ4v) is 3.05. The minimum absolute atomic E-state index is 0.00277. The number of aromatic nitrogens is 3. The van der Waals surface area contributed by atoms with Gasteiger partial charge in [0, 0.05) is 6.54 Å². The molecule has 1 aliphatic rings. The number of aromatic amines is 1. The standard InChI is InChI=1S/C17H22N4O2/c1-2-13-7-3-4-9-15(13)23-11-16(22)21-10-6-5-8-14(21)17-18-12-19-20-17/h3-4,7,9,12,14H,2,5-6,8,10-11H2,1H3,(H,18,19,20)/t14-/m1/s1. The van der Waals surface area contributed by atoms with Crippen LogP contribution in [-0.4, -0.2) is 39.1 Å². The quantitative estimate of drug-likeness (QED) is 0.920. The second-order valence-electron chi connectivity index (χ2n) is 5.72. The number of benzene rings is 1. The van der Waals surface area contributed by atoms with E-state index >= 15 is 0 Å². The van der Waals surface area contributed by atoms with Gasteiger partial charge in [-0.25, -0.2) is 4.98 Å². The molecule has 1 fully saturated rings. The van der Waals surface area contributed by atoms with E-state index in [1.165, 1.54) is 6.33 Å². The van der Waals surface area contributed by atoms with E-state index in [-0.39, 0.29) is 18.6 Å². The molecule has 1 aromatic carbocycles. The van der Waals surface area contributed by atoms with E-state index in [2.05, 4.69) is 22.1 Å². The van der Waals surface area contributed by atoms with Crippen LogP contribution in [0.4, 0.5) is 0 Å². The van der Waals surface area contributed by atoms with Crippen molar-refractivity contribution in [1.82, 2.24) is 20.1 Å². The first kappa shape index (κ1) is 15.5. The minimum Gasteiger partial charge on any atom is -0.483 e. The van der Waals surface area contributed by atoms with Crippen molar-refractivity contribution in [2.75, 3.05) is 13.2 Å². The van der Waals surface area contributed by atoms with Gasteiger partial charge in [-0.05, 0) is 37.3 Å². The first-order valence-corrected chi connectivity index (χ1v) is 8.15. The van der Waals surface area contributed by atoms with E-state index in [0.717, 1.165) is 49.4 Å². The molecule has 0 aliphatic carbocycles. The molecule has 2 heterocycles. The zero-order valence-electron chi connectivity index (χ0n) is 13.4. The molecule has 6 nitrogen and oxygen atoms in total. The van der Waals surface area contributed by atoms with Crippen molar-refractivity contribution in [1.29, 1.82) is 0 Å². The van der Waals surface area contributed by atoms with Crippen LogP contribution in [-0.2, 0) is 11.2 Å². The van der Waals surface area contributed by atoms with Gasteiger partial charge in [-0.3, -0.25) is 9.89 Å². The van der Waals surface area contributed by atoms with Crippen LogP contribution in [0, 0.1) is 0 Å². The summed E-state index contributed by atoms with van der Waals surface area (Å²) in [4.78, 5) is 18.7. The van der Waals surface area contributed by atoms with Crippen LogP contribution in [0.1, 0.15) is 43.6 Å². The molecule has 1 atom stereocenters. The van der Waals surface area contributed by atoms with Crippen LogP contribution in [0.15, 0.2) is 30.6 Å². The van der Waals surface area contributed by atoms with E-state index in [4.69, 9.17) is 4.74 Å². The van der Waals surface area contributed by atoms with Gasteiger partial charge in [0.25, 0.3) is 5.91 Å². The molecule has 0 radical (unpaired) electrons. The molecule has 1 aromatic heterocycles. The van der Waals surface area contributed by atoms with Gasteiger partial charge >= 0.3 is 0 Å². The highest BCUT2D eigenvalue weighted by molar-refractivity contribution is 5.78. The smallest absolute Gasteiger partial charge is 0.261 e. The largest absolute Gasteiger partial charge is 0.483 e. The van der Waals surface area contributed by atoms with Gasteiger partial charge in [0.2, 0.25) is 0 Å². The molecule has 1 saturated heterocycles. The third kappa shape index (κ3) is 3.52. The van der Waals surface area contributed by atoms with Crippen LogP contribution < -0.4 is 4.74 Å². The molecule has 1 amide bonds. The summed E-state index contributed by atoms with van der Waals surface area (Å²) in [7, 11) is 0. The average molecular weight is 314 g/mol. The summed E-state index contributed by atoms with van der Waals surface area (Å²) in [6.07, 6.45) is 5.39. The second kappa shape index (κ2) is 7.26. The third-order valence-electron chi connectivity index (χ3n) is 4.28. The number of piperidine rings is 1. The Morgan fingerprint density at radius 1 is 1.39 bits per heavy atom. The van der Waals surface area contributed by atoms with Crippen molar-refractivity contribution in [3.8, 4) is 5.75 Å². The summed E-state index contributed by atoms with van der Waals surface area (Å²) >= 11 is 0. The fourth-order valence-electron chi connectivity index (χ4n) is 3.05. The minimum atomic E-state index is -0.0243. The van der Waals surface area contributed by atoms with E-state index in [1.807, 2.05) is 29.2 Å². The number of hydrogen-bond acceptors (Lipinski definition) is 4. The van der Waals surface area contributed by atoms with Crippen LogP contribution in [0.25, 0.3) is 0 Å². The summed E-state index contributed by atoms with van der Waals surface area (Å²) in [5.74, 6) is 1.54. The molecule has 2 aromatic rings. The van der Waals surface area contributed by atoms with Gasteiger partial charge in [0.15, 0.2) is 6.61 Å². The number of likely N-dealkylation sites (tertiary alicyclic amines) is 1. The Morgan fingerprint density at radius 3 is 3.04 bits per heavy atom. The molecule has 0 bridgehead atoms. The van der Waals surface area contributed by atoms with Gasteiger partial charge in [-0.2, -0.15) is 5.10 Å². The first-order valence-electron chi connectivity index (χ1n) is 8.15. The van der Waals surface area contributed by atoms with Crippen molar-refractivity contribution in [2.45, 2.75) is 38.6 Å². The van der Waals surface area contributed by atoms with Gasteiger partial charge in [-0.15, -0.1) is 0 Å². The Balaban J connectivity index is 1.66. The number of nitrogens with zero attached hydrogens (tertiary/aromatic N) is 3. The van der Waals surface area contributed by atoms with Crippen molar-refractivity contribution < 1.29 is 9.53 Å². The second-order valence-corrected chi connectivity index (χ2v) is 5.72. The number of ether oxygens (including phenoxy) is 1. The number of para-hydroxylation sites is 1. The number of H-pyrrole nitrogens is 1. The predicted molar refractivity (Wildman–Crippen MR) is 86.0 cm³/mol. The van der Waals surface area contributed by atoms with Gasteiger partial charge < -0.3 is 9.64 Å². The molecule has 0 saturated carbocycles. The lowest BCUT2D eigenvalue weighted by atomic mass is 10.0. The Morgan fingerprint density at radius 2 is 2.26 bits per heavy atom. The number of amides is 1. The van der Waals surface area contributed by atoms with Crippen molar-refractivity contribution in [3.05, 3.63) is 42.0 Å². The van der Waals surface area contributed by atoms with Gasteiger partial charge in [0.1, 0.15) is 17.9 Å². The monoisotopic (exact) mass is 314 g/mol. The molecule has 0 spiro atoms. The maximum Gasteiger partial charge on any atom is 0.261 e. The first-order chi connectivity index (χ1) is 11.3. The van der Waals surface area contributed by atoms with Crippen molar-refractivity contribution in [2.24, 2.45) is 0 Å². The maximum atomic E-state index is 12.6. The lowest BCUT2D eigenvalue weighted by Gasteiger charge is -2.34. The van der Waals surface area contributed by atoms with E-state index < -0.39 is 0 Å². The van der Waals surface area contributed by atoms with Crippen LogP contribution >= 0.6 is 0 Å². The third-order valence-corrected chi connectivity index (χ3v) is 4.28. The number of carbonyl (C=O) groups is 1. The van der Waals surface area contributed by atoms with E-state index in [1.54, 1.807) is 0 Å². The van der Waals surface area contributed by atoms with Gasteiger partial charge in [0.05, 0.1) is 6.04 Å². The lowest BCUT2D eigenvalue weighted by Crippen LogP contribution is -2.41. The molecule has 6 heteroatoms. The Bertz CT molecular complexity index is 642. The summed E-state index contributed by atoms with van der Waals surface area (Å²) in [6, 6.07) is 7.83. The van der Waals surface area contributed by atoms with Crippen molar-refractivity contribution in [3.63, 3.8) is 0 Å². The number of nitrogens with one attached hydrogen (secondary N) is 1. The summed E-state index contributed by atoms with van der Waals surface area (Å²) in [6.45, 7) is 2.87. The van der Waals surface area contributed by atoms with Crippen LogP contribution in [0.5, 0.6) is 5.75 Å². The Kier molecular flexibility index (Phi) is 4.90. The Hall–Kier alpha value is -2.37. The highest BCUT2D eigenvalue weighted by Gasteiger charge is 2.30. The normalized spacial score (nSPS) is 18.0. The molecule has 122 valence electrons. The summed E-state index contributed by atoms with van der Waals surface area (Å²) in [5, 5.41) is 6.79. The number of hydrogen-bond donors (Lipinski definition) is 1. The number of carbonyl (C=O) groups excluding carboxylic acids is 1. The molecule has 0 unspecified atom stereocenters. The zero-order chi connectivity index (χ0) is 16.1. The summed E-state index contributed by atoms with van der Waals surface area (Å²) < 4.78 is 5.77. The highest BCUT2D eigenvalue weighted by Crippen LogP contribution is 2.28.